The molecule has 0 amide bonds. The highest BCUT2D eigenvalue weighted by Gasteiger charge is 2.21. The van der Waals surface area contributed by atoms with Crippen LogP contribution in [0, 0.1) is 0 Å². The topological polar surface area (TPSA) is 53.4 Å². The normalized spacial score (nSPS) is 12.3. The molecule has 0 aliphatic rings. The molecule has 1 unspecified atom stereocenters. The van der Waals surface area contributed by atoms with Crippen LogP contribution in [0.1, 0.15) is 17.0 Å². The second-order valence-electron chi connectivity index (χ2n) is 4.85. The highest BCUT2D eigenvalue weighted by Crippen LogP contribution is 2.17. The Kier molecular flexibility index (Phi) is 4.85. The summed E-state index contributed by atoms with van der Waals surface area (Å²) in [5.74, 6) is -1.30. The van der Waals surface area contributed by atoms with Gasteiger partial charge in [-0.3, -0.25) is 9.78 Å². The maximum atomic E-state index is 11.5. The van der Waals surface area contributed by atoms with Crippen LogP contribution in [0.15, 0.2) is 54.9 Å². The maximum Gasteiger partial charge on any atom is 0.312 e. The molecule has 0 spiro atoms. The average Bonchev–Trinajstić information content (AvgIpc) is 2.46. The van der Waals surface area contributed by atoms with Gasteiger partial charge in [0.25, 0.3) is 0 Å². The molecule has 2 aromatic rings. The van der Waals surface area contributed by atoms with Gasteiger partial charge < -0.3 is 10.0 Å². The largest absolute Gasteiger partial charge is 0.481 e. The Morgan fingerprint density at radius 2 is 1.85 bits per heavy atom. The highest BCUT2D eigenvalue weighted by atomic mass is 16.4. The monoisotopic (exact) mass is 270 g/mol. The minimum absolute atomic E-state index is 0.474. The first-order valence-corrected chi connectivity index (χ1v) is 6.52. The van der Waals surface area contributed by atoms with Crippen LogP contribution >= 0.6 is 0 Å². The van der Waals surface area contributed by atoms with Crippen LogP contribution in [-0.4, -0.2) is 34.6 Å². The Labute approximate surface area is 118 Å². The van der Waals surface area contributed by atoms with E-state index in [1.54, 1.807) is 12.4 Å². The SMILES string of the molecule is CN(Cc1ccncc1)CC(C(=O)O)c1ccccc1. The third-order valence-corrected chi connectivity index (χ3v) is 3.20. The minimum Gasteiger partial charge on any atom is -0.481 e. The molecule has 1 heterocycles. The number of benzene rings is 1. The Hall–Kier alpha value is -2.20. The first-order chi connectivity index (χ1) is 9.66. The van der Waals surface area contributed by atoms with Gasteiger partial charge in [0.15, 0.2) is 0 Å². The van der Waals surface area contributed by atoms with Gasteiger partial charge in [-0.05, 0) is 30.3 Å². The molecular weight excluding hydrogens is 252 g/mol. The molecule has 0 saturated heterocycles. The standard InChI is InChI=1S/C16H18N2O2/c1-18(11-13-7-9-17-10-8-13)12-15(16(19)20)14-5-3-2-4-6-14/h2-10,15H,11-12H2,1H3,(H,19,20). The lowest BCUT2D eigenvalue weighted by Crippen LogP contribution is -2.28. The number of hydrogen-bond donors (Lipinski definition) is 1. The molecule has 4 nitrogen and oxygen atoms in total. The number of aliphatic carboxylic acids is 1. The van der Waals surface area contributed by atoms with Gasteiger partial charge in [0.05, 0.1) is 5.92 Å². The average molecular weight is 270 g/mol. The van der Waals surface area contributed by atoms with Gasteiger partial charge >= 0.3 is 5.97 Å². The van der Waals surface area contributed by atoms with Crippen LogP contribution in [0.5, 0.6) is 0 Å². The number of pyridine rings is 1. The Morgan fingerprint density at radius 1 is 1.20 bits per heavy atom. The molecule has 1 aromatic heterocycles. The van der Waals surface area contributed by atoms with E-state index in [2.05, 4.69) is 4.98 Å². The second-order valence-corrected chi connectivity index (χ2v) is 4.85. The third kappa shape index (κ3) is 3.90. The zero-order valence-corrected chi connectivity index (χ0v) is 11.4. The molecule has 0 aliphatic heterocycles. The second kappa shape index (κ2) is 6.82. The number of carboxylic acid groups (broad SMARTS) is 1. The molecule has 1 N–H and O–H groups in total. The zero-order valence-electron chi connectivity index (χ0n) is 11.4. The zero-order chi connectivity index (χ0) is 14.4. The summed E-state index contributed by atoms with van der Waals surface area (Å²) >= 11 is 0. The van der Waals surface area contributed by atoms with Crippen molar-refractivity contribution in [3.8, 4) is 0 Å². The molecule has 1 atom stereocenters. The van der Waals surface area contributed by atoms with Crippen LogP contribution in [0.3, 0.4) is 0 Å². The summed E-state index contributed by atoms with van der Waals surface area (Å²) in [4.78, 5) is 17.4. The van der Waals surface area contributed by atoms with Crippen LogP contribution in [0.25, 0.3) is 0 Å². The lowest BCUT2D eigenvalue weighted by atomic mass is 9.99. The van der Waals surface area contributed by atoms with Crippen molar-refractivity contribution in [3.05, 3.63) is 66.0 Å². The number of hydrogen-bond acceptors (Lipinski definition) is 3. The minimum atomic E-state index is -0.794. The first kappa shape index (κ1) is 14.2. The first-order valence-electron chi connectivity index (χ1n) is 6.52. The van der Waals surface area contributed by atoms with Crippen molar-refractivity contribution in [2.24, 2.45) is 0 Å². The third-order valence-electron chi connectivity index (χ3n) is 3.20. The van der Waals surface area contributed by atoms with Crippen molar-refractivity contribution in [1.82, 2.24) is 9.88 Å². The predicted octanol–water partition coefficient (Wildman–Crippen LogP) is 2.38. The van der Waals surface area contributed by atoms with E-state index in [1.807, 2.05) is 54.4 Å². The van der Waals surface area contributed by atoms with Gasteiger partial charge in [0.2, 0.25) is 0 Å². The summed E-state index contributed by atoms with van der Waals surface area (Å²) in [7, 11) is 1.93. The number of rotatable bonds is 6. The Bertz CT molecular complexity index is 543. The van der Waals surface area contributed by atoms with Crippen molar-refractivity contribution in [2.45, 2.75) is 12.5 Å². The van der Waals surface area contributed by atoms with E-state index in [-0.39, 0.29) is 0 Å². The van der Waals surface area contributed by atoms with E-state index in [0.717, 1.165) is 11.1 Å². The predicted molar refractivity (Wildman–Crippen MR) is 77.4 cm³/mol. The maximum absolute atomic E-state index is 11.5. The van der Waals surface area contributed by atoms with Gasteiger partial charge in [-0.25, -0.2) is 0 Å². The number of carboxylic acids is 1. The fraction of sp³-hybridized carbons (Fsp3) is 0.250. The van der Waals surface area contributed by atoms with Gasteiger partial charge in [0.1, 0.15) is 0 Å². The quantitative estimate of drug-likeness (QED) is 0.875. The van der Waals surface area contributed by atoms with Crippen LogP contribution < -0.4 is 0 Å². The summed E-state index contributed by atoms with van der Waals surface area (Å²) in [6.45, 7) is 1.18. The van der Waals surface area contributed by atoms with Gasteiger partial charge in [-0.15, -0.1) is 0 Å². The van der Waals surface area contributed by atoms with E-state index in [4.69, 9.17) is 0 Å². The Balaban J connectivity index is 2.04. The van der Waals surface area contributed by atoms with E-state index >= 15 is 0 Å². The van der Waals surface area contributed by atoms with Crippen molar-refractivity contribution < 1.29 is 9.90 Å². The summed E-state index contributed by atoms with van der Waals surface area (Å²) in [5, 5.41) is 9.40. The molecule has 20 heavy (non-hydrogen) atoms. The summed E-state index contributed by atoms with van der Waals surface area (Å²) in [6.07, 6.45) is 3.49. The molecule has 4 heteroatoms. The van der Waals surface area contributed by atoms with Crippen LogP contribution in [0.4, 0.5) is 0 Å². The highest BCUT2D eigenvalue weighted by molar-refractivity contribution is 5.76. The fourth-order valence-electron chi connectivity index (χ4n) is 2.19. The van der Waals surface area contributed by atoms with Crippen LogP contribution in [0.2, 0.25) is 0 Å². The molecule has 1 aromatic carbocycles. The van der Waals surface area contributed by atoms with E-state index in [9.17, 15) is 9.90 Å². The van der Waals surface area contributed by atoms with Gasteiger partial charge in [-0.2, -0.15) is 0 Å². The van der Waals surface area contributed by atoms with Crippen molar-refractivity contribution in [3.63, 3.8) is 0 Å². The summed E-state index contributed by atoms with van der Waals surface area (Å²) in [5.41, 5.74) is 1.96. The molecule has 104 valence electrons. The van der Waals surface area contributed by atoms with Crippen molar-refractivity contribution in [1.29, 1.82) is 0 Å². The smallest absolute Gasteiger partial charge is 0.312 e. The molecule has 0 aliphatic carbocycles. The number of nitrogens with zero attached hydrogens (tertiary/aromatic N) is 2. The lowest BCUT2D eigenvalue weighted by molar-refractivity contribution is -0.139. The van der Waals surface area contributed by atoms with Crippen molar-refractivity contribution >= 4 is 5.97 Å². The van der Waals surface area contributed by atoms with E-state index in [0.29, 0.717) is 13.1 Å². The van der Waals surface area contributed by atoms with E-state index < -0.39 is 11.9 Å². The fourth-order valence-corrected chi connectivity index (χ4v) is 2.19. The molecule has 0 fully saturated rings. The number of likely N-dealkylation sites (N-methyl/N-ethyl adjacent to an activating group) is 1. The summed E-state index contributed by atoms with van der Waals surface area (Å²) in [6, 6.07) is 13.2. The molecule has 0 saturated carbocycles. The van der Waals surface area contributed by atoms with Crippen molar-refractivity contribution in [2.75, 3.05) is 13.6 Å². The molecular formula is C16H18N2O2. The lowest BCUT2D eigenvalue weighted by Gasteiger charge is -2.21. The van der Waals surface area contributed by atoms with E-state index in [1.165, 1.54) is 0 Å². The summed E-state index contributed by atoms with van der Waals surface area (Å²) < 4.78 is 0. The number of aromatic nitrogens is 1. The Morgan fingerprint density at radius 3 is 2.45 bits per heavy atom. The van der Waals surface area contributed by atoms with Gasteiger partial charge in [0, 0.05) is 25.5 Å². The molecule has 0 radical (unpaired) electrons. The molecule has 0 bridgehead atoms. The molecule has 2 rings (SSSR count). The number of carbonyl (C=O) groups is 1. The van der Waals surface area contributed by atoms with Gasteiger partial charge in [-0.1, -0.05) is 30.3 Å². The van der Waals surface area contributed by atoms with Crippen LogP contribution in [-0.2, 0) is 11.3 Å².